The van der Waals surface area contributed by atoms with Gasteiger partial charge in [0.05, 0.1) is 0 Å². The molecular weight excluding hydrogens is 214 g/mol. The second kappa shape index (κ2) is 2.82. The zero-order chi connectivity index (χ0) is 10.6. The predicted octanol–water partition coefficient (Wildman–Crippen LogP) is 1.71. The molecule has 0 aromatic carbocycles. The van der Waals surface area contributed by atoms with Gasteiger partial charge in [0.1, 0.15) is 11.3 Å². The third-order valence-corrected chi connectivity index (χ3v) is 2.87. The van der Waals surface area contributed by atoms with Gasteiger partial charge in [-0.3, -0.25) is 0 Å². The lowest BCUT2D eigenvalue weighted by Crippen LogP contribution is -2.01. The van der Waals surface area contributed by atoms with Crippen LogP contribution in [0.15, 0.2) is 0 Å². The fraction of sp³-hybridized carbons (Fsp3) is 0.444. The number of aromatic nitrogens is 4. The van der Waals surface area contributed by atoms with E-state index in [1.165, 1.54) is 12.8 Å². The molecule has 0 bridgehead atoms. The van der Waals surface area contributed by atoms with Crippen molar-refractivity contribution in [3.63, 3.8) is 0 Å². The zero-order valence-corrected chi connectivity index (χ0v) is 8.99. The molecule has 5 nitrogen and oxygen atoms in total. The Morgan fingerprint density at radius 3 is 2.73 bits per heavy atom. The van der Waals surface area contributed by atoms with Gasteiger partial charge in [-0.1, -0.05) is 11.6 Å². The van der Waals surface area contributed by atoms with Crippen molar-refractivity contribution in [1.29, 1.82) is 0 Å². The zero-order valence-electron chi connectivity index (χ0n) is 8.24. The average Bonchev–Trinajstić information content (AvgIpc) is 2.91. The maximum atomic E-state index is 5.97. The summed E-state index contributed by atoms with van der Waals surface area (Å²) in [6, 6.07) is 0.514. The van der Waals surface area contributed by atoms with Crippen LogP contribution in [0.2, 0.25) is 5.15 Å². The maximum absolute atomic E-state index is 5.97. The molecule has 1 saturated carbocycles. The lowest BCUT2D eigenvalue weighted by molar-refractivity contribution is 0.726. The fourth-order valence-corrected chi connectivity index (χ4v) is 2.05. The normalized spacial score (nSPS) is 16.1. The number of aryl methyl sites for hydroxylation is 1. The number of halogens is 1. The monoisotopic (exact) mass is 223 g/mol. The third-order valence-electron chi connectivity index (χ3n) is 2.60. The van der Waals surface area contributed by atoms with Gasteiger partial charge in [-0.15, -0.1) is 0 Å². The van der Waals surface area contributed by atoms with Crippen LogP contribution >= 0.6 is 11.6 Å². The van der Waals surface area contributed by atoms with Crippen molar-refractivity contribution in [1.82, 2.24) is 19.5 Å². The molecule has 2 aromatic rings. The largest absolute Gasteiger partial charge is 0.368 e. The summed E-state index contributed by atoms with van der Waals surface area (Å²) in [6.45, 7) is 1.95. The smallest absolute Gasteiger partial charge is 0.223 e. The summed E-state index contributed by atoms with van der Waals surface area (Å²) >= 11 is 5.97. The van der Waals surface area contributed by atoms with E-state index in [0.717, 1.165) is 11.5 Å². The minimum atomic E-state index is 0.203. The Morgan fingerprint density at radius 2 is 2.07 bits per heavy atom. The third kappa shape index (κ3) is 1.26. The quantitative estimate of drug-likeness (QED) is 0.748. The molecule has 15 heavy (non-hydrogen) atoms. The van der Waals surface area contributed by atoms with Crippen LogP contribution < -0.4 is 5.73 Å². The Balaban J connectivity index is 2.38. The first-order valence-corrected chi connectivity index (χ1v) is 5.22. The van der Waals surface area contributed by atoms with Gasteiger partial charge in [0.2, 0.25) is 5.95 Å². The number of anilines is 1. The molecule has 0 aliphatic heterocycles. The molecule has 0 unspecified atom stereocenters. The first-order chi connectivity index (χ1) is 7.16. The molecule has 3 rings (SSSR count). The highest BCUT2D eigenvalue weighted by molar-refractivity contribution is 6.33. The summed E-state index contributed by atoms with van der Waals surface area (Å²) in [5.41, 5.74) is 6.98. The molecule has 0 saturated heterocycles. The van der Waals surface area contributed by atoms with Crippen LogP contribution in [0.25, 0.3) is 11.2 Å². The highest BCUT2D eigenvalue weighted by Gasteiger charge is 2.28. The van der Waals surface area contributed by atoms with Crippen LogP contribution in [0.5, 0.6) is 0 Å². The Hall–Kier alpha value is -1.36. The summed E-state index contributed by atoms with van der Waals surface area (Å²) in [5, 5.41) is 0.333. The van der Waals surface area contributed by atoms with Crippen LogP contribution in [-0.2, 0) is 0 Å². The lowest BCUT2D eigenvalue weighted by Gasteiger charge is -2.02. The number of nitrogen functional groups attached to an aromatic ring is 1. The fourth-order valence-electron chi connectivity index (χ4n) is 1.84. The van der Waals surface area contributed by atoms with Crippen LogP contribution in [0.4, 0.5) is 5.95 Å². The molecule has 2 heterocycles. The molecule has 1 fully saturated rings. The van der Waals surface area contributed by atoms with E-state index in [4.69, 9.17) is 17.3 Å². The van der Waals surface area contributed by atoms with Gasteiger partial charge in [0.15, 0.2) is 10.8 Å². The second-order valence-corrected chi connectivity index (χ2v) is 4.16. The van der Waals surface area contributed by atoms with Crippen LogP contribution in [0.1, 0.15) is 24.7 Å². The van der Waals surface area contributed by atoms with Crippen molar-refractivity contribution < 1.29 is 0 Å². The van der Waals surface area contributed by atoms with Crippen molar-refractivity contribution in [3.8, 4) is 0 Å². The Kier molecular flexibility index (Phi) is 1.68. The van der Waals surface area contributed by atoms with Crippen molar-refractivity contribution in [3.05, 3.63) is 11.0 Å². The molecule has 6 heteroatoms. The van der Waals surface area contributed by atoms with Gasteiger partial charge in [-0.2, -0.15) is 9.97 Å². The first-order valence-electron chi connectivity index (χ1n) is 4.84. The van der Waals surface area contributed by atoms with Crippen molar-refractivity contribution >= 4 is 28.7 Å². The van der Waals surface area contributed by atoms with E-state index < -0.39 is 0 Å². The standard InChI is InChI=1S/C9H10ClN5/c1-4-12-6-7(10)13-9(11)14-8(6)15(4)5-2-3-5/h5H,2-3H2,1H3,(H2,11,13,14). The Labute approximate surface area is 91.3 Å². The minimum absolute atomic E-state index is 0.203. The van der Waals surface area contributed by atoms with Gasteiger partial charge in [0, 0.05) is 6.04 Å². The van der Waals surface area contributed by atoms with Gasteiger partial charge in [-0.25, -0.2) is 4.98 Å². The molecule has 1 aliphatic carbocycles. The molecule has 78 valence electrons. The number of nitrogens with zero attached hydrogens (tertiary/aromatic N) is 4. The summed E-state index contributed by atoms with van der Waals surface area (Å²) in [7, 11) is 0. The van der Waals surface area contributed by atoms with Gasteiger partial charge >= 0.3 is 0 Å². The van der Waals surface area contributed by atoms with Gasteiger partial charge in [-0.05, 0) is 19.8 Å². The Morgan fingerprint density at radius 1 is 1.33 bits per heavy atom. The molecule has 0 spiro atoms. The van der Waals surface area contributed by atoms with Gasteiger partial charge in [0.25, 0.3) is 0 Å². The van der Waals surface area contributed by atoms with E-state index in [1.807, 2.05) is 6.92 Å². The molecule has 0 radical (unpaired) electrons. The predicted molar refractivity (Wildman–Crippen MR) is 57.8 cm³/mol. The average molecular weight is 224 g/mol. The number of hydrogen-bond acceptors (Lipinski definition) is 4. The maximum Gasteiger partial charge on any atom is 0.223 e. The topological polar surface area (TPSA) is 69.6 Å². The lowest BCUT2D eigenvalue weighted by atomic mass is 10.5. The molecule has 1 aliphatic rings. The van der Waals surface area contributed by atoms with Gasteiger partial charge < -0.3 is 10.3 Å². The molecule has 2 aromatic heterocycles. The number of nitrogens with two attached hydrogens (primary N) is 1. The molecule has 0 atom stereocenters. The van der Waals surface area contributed by atoms with Crippen molar-refractivity contribution in [2.24, 2.45) is 0 Å². The van der Waals surface area contributed by atoms with E-state index in [9.17, 15) is 0 Å². The summed E-state index contributed by atoms with van der Waals surface area (Å²) in [6.07, 6.45) is 2.35. The molecule has 2 N–H and O–H groups in total. The number of hydrogen-bond donors (Lipinski definition) is 1. The SMILES string of the molecule is Cc1nc2c(Cl)nc(N)nc2n1C1CC1. The van der Waals surface area contributed by atoms with E-state index in [2.05, 4.69) is 19.5 Å². The number of imidazole rings is 1. The van der Waals surface area contributed by atoms with Crippen LogP contribution in [0.3, 0.4) is 0 Å². The molecular formula is C9H10ClN5. The molecule has 0 amide bonds. The minimum Gasteiger partial charge on any atom is -0.368 e. The highest BCUT2D eigenvalue weighted by atomic mass is 35.5. The van der Waals surface area contributed by atoms with Crippen LogP contribution in [-0.4, -0.2) is 19.5 Å². The number of fused-ring (bicyclic) bond motifs is 1. The van der Waals surface area contributed by atoms with E-state index in [1.54, 1.807) is 0 Å². The summed E-state index contributed by atoms with van der Waals surface area (Å²) in [5.74, 6) is 1.13. The highest BCUT2D eigenvalue weighted by Crippen LogP contribution is 2.38. The van der Waals surface area contributed by atoms with Crippen molar-refractivity contribution in [2.75, 3.05) is 5.73 Å². The van der Waals surface area contributed by atoms with E-state index >= 15 is 0 Å². The Bertz CT molecular complexity index is 543. The van der Waals surface area contributed by atoms with Crippen LogP contribution in [0, 0.1) is 6.92 Å². The second-order valence-electron chi connectivity index (χ2n) is 3.81. The van der Waals surface area contributed by atoms with E-state index in [0.29, 0.717) is 16.7 Å². The van der Waals surface area contributed by atoms with E-state index in [-0.39, 0.29) is 5.95 Å². The summed E-state index contributed by atoms with van der Waals surface area (Å²) in [4.78, 5) is 12.5. The first kappa shape index (κ1) is 8.91. The summed E-state index contributed by atoms with van der Waals surface area (Å²) < 4.78 is 2.10. The number of rotatable bonds is 1. The van der Waals surface area contributed by atoms with Crippen molar-refractivity contribution in [2.45, 2.75) is 25.8 Å².